The summed E-state index contributed by atoms with van der Waals surface area (Å²) in [4.78, 5) is 22.0. The maximum absolute atomic E-state index is 12.5. The lowest BCUT2D eigenvalue weighted by Crippen LogP contribution is -2.42. The Kier molecular flexibility index (Phi) is 4.29. The molecule has 22 heavy (non-hydrogen) atoms. The van der Waals surface area contributed by atoms with Crippen LogP contribution in [0.25, 0.3) is 0 Å². The molecule has 1 aromatic heterocycles. The third-order valence-corrected chi connectivity index (χ3v) is 3.63. The van der Waals surface area contributed by atoms with Crippen LogP contribution in [-0.4, -0.2) is 47.6 Å². The van der Waals surface area contributed by atoms with Crippen LogP contribution in [0, 0.1) is 0 Å². The second-order valence-electron chi connectivity index (χ2n) is 5.01. The lowest BCUT2D eigenvalue weighted by atomic mass is 10.1. The molecule has 1 aliphatic rings. The molecule has 1 atom stereocenters. The molecule has 1 saturated heterocycles. The number of rotatable bonds is 3. The quantitative estimate of drug-likeness (QED) is 0.863. The highest BCUT2D eigenvalue weighted by atomic mass is 16.5. The van der Waals surface area contributed by atoms with Gasteiger partial charge in [0.15, 0.2) is 0 Å². The van der Waals surface area contributed by atoms with Crippen LogP contribution in [0.15, 0.2) is 43.0 Å². The summed E-state index contributed by atoms with van der Waals surface area (Å²) in [7, 11) is 1.63. The van der Waals surface area contributed by atoms with E-state index >= 15 is 0 Å². The van der Waals surface area contributed by atoms with Crippen LogP contribution in [0.2, 0.25) is 0 Å². The fourth-order valence-corrected chi connectivity index (χ4v) is 2.47. The molecule has 2 aromatic rings. The third kappa shape index (κ3) is 3.07. The van der Waals surface area contributed by atoms with Gasteiger partial charge in [0.25, 0.3) is 5.91 Å². The average Bonchev–Trinajstić information content (AvgIpc) is 2.62. The molecule has 6 nitrogen and oxygen atoms in total. The molecule has 0 N–H and O–H groups in total. The van der Waals surface area contributed by atoms with Crippen molar-refractivity contribution >= 4 is 5.91 Å². The Balaban J connectivity index is 1.75. The van der Waals surface area contributed by atoms with E-state index in [4.69, 9.17) is 9.47 Å². The zero-order chi connectivity index (χ0) is 15.4. The molecule has 6 heteroatoms. The number of carbonyl (C=O) groups excluding carboxylic acids is 1. The predicted octanol–water partition coefficient (Wildman–Crippen LogP) is 1.70. The fraction of sp³-hybridized carbons (Fsp3) is 0.312. The van der Waals surface area contributed by atoms with Crippen molar-refractivity contribution in [1.82, 2.24) is 14.9 Å². The first-order valence-electron chi connectivity index (χ1n) is 7.08. The minimum atomic E-state index is -0.155. The van der Waals surface area contributed by atoms with Crippen molar-refractivity contribution in [2.75, 3.05) is 26.8 Å². The van der Waals surface area contributed by atoms with Crippen LogP contribution in [0.5, 0.6) is 5.75 Å². The van der Waals surface area contributed by atoms with E-state index < -0.39 is 0 Å². The highest BCUT2D eigenvalue weighted by Gasteiger charge is 2.26. The van der Waals surface area contributed by atoms with Crippen molar-refractivity contribution in [2.45, 2.75) is 6.10 Å². The van der Waals surface area contributed by atoms with Gasteiger partial charge in [0.05, 0.1) is 25.8 Å². The molecular formula is C16H17N3O3. The zero-order valence-corrected chi connectivity index (χ0v) is 12.3. The van der Waals surface area contributed by atoms with Gasteiger partial charge in [-0.2, -0.15) is 0 Å². The van der Waals surface area contributed by atoms with E-state index in [9.17, 15) is 4.79 Å². The number of benzene rings is 1. The summed E-state index contributed by atoms with van der Waals surface area (Å²) in [6.07, 6.45) is 4.32. The number of aromatic nitrogens is 2. The second-order valence-corrected chi connectivity index (χ2v) is 5.01. The van der Waals surface area contributed by atoms with Crippen LogP contribution in [0.1, 0.15) is 22.0 Å². The molecule has 0 aliphatic carbocycles. The van der Waals surface area contributed by atoms with Gasteiger partial charge in [-0.25, -0.2) is 9.97 Å². The number of carbonyl (C=O) groups is 1. The van der Waals surface area contributed by atoms with Crippen LogP contribution in [0.4, 0.5) is 0 Å². The minimum absolute atomic E-state index is 0.0724. The Morgan fingerprint density at radius 1 is 1.36 bits per heavy atom. The van der Waals surface area contributed by atoms with Gasteiger partial charge in [-0.15, -0.1) is 0 Å². The topological polar surface area (TPSA) is 64.5 Å². The van der Waals surface area contributed by atoms with Gasteiger partial charge in [-0.3, -0.25) is 4.79 Å². The Bertz CT molecular complexity index is 648. The van der Waals surface area contributed by atoms with E-state index in [-0.39, 0.29) is 12.0 Å². The maximum atomic E-state index is 12.5. The molecule has 0 spiro atoms. The number of ether oxygens (including phenoxy) is 2. The van der Waals surface area contributed by atoms with Gasteiger partial charge >= 0.3 is 0 Å². The van der Waals surface area contributed by atoms with Gasteiger partial charge in [-0.05, 0) is 17.7 Å². The second kappa shape index (κ2) is 6.53. The summed E-state index contributed by atoms with van der Waals surface area (Å²) in [5.74, 6) is 0.706. The molecule has 1 aromatic carbocycles. The van der Waals surface area contributed by atoms with Crippen molar-refractivity contribution in [1.29, 1.82) is 0 Å². The number of amides is 1. The first-order valence-corrected chi connectivity index (χ1v) is 7.08. The minimum Gasteiger partial charge on any atom is -0.497 e. The summed E-state index contributed by atoms with van der Waals surface area (Å²) < 4.78 is 11.0. The Morgan fingerprint density at radius 2 is 2.18 bits per heavy atom. The van der Waals surface area contributed by atoms with Crippen LogP contribution < -0.4 is 4.74 Å². The lowest BCUT2D eigenvalue weighted by molar-refractivity contribution is -0.0229. The fourth-order valence-electron chi connectivity index (χ4n) is 2.47. The highest BCUT2D eigenvalue weighted by Crippen LogP contribution is 2.25. The van der Waals surface area contributed by atoms with E-state index in [1.165, 1.54) is 18.7 Å². The maximum Gasteiger partial charge on any atom is 0.257 e. The van der Waals surface area contributed by atoms with Gasteiger partial charge in [0, 0.05) is 18.9 Å². The monoisotopic (exact) mass is 299 g/mol. The van der Waals surface area contributed by atoms with Crippen molar-refractivity contribution in [3.05, 3.63) is 54.1 Å². The normalized spacial score (nSPS) is 18.0. The molecule has 0 radical (unpaired) electrons. The average molecular weight is 299 g/mol. The molecular weight excluding hydrogens is 282 g/mol. The van der Waals surface area contributed by atoms with Crippen molar-refractivity contribution in [2.24, 2.45) is 0 Å². The molecule has 2 heterocycles. The molecule has 1 fully saturated rings. The largest absolute Gasteiger partial charge is 0.497 e. The Hall–Kier alpha value is -2.47. The molecule has 3 rings (SSSR count). The number of morpholine rings is 1. The molecule has 1 amide bonds. The molecule has 1 unspecified atom stereocenters. The third-order valence-electron chi connectivity index (χ3n) is 3.63. The SMILES string of the molecule is COc1cccc(C2CN(C(=O)c3cncnc3)CCO2)c1. The smallest absolute Gasteiger partial charge is 0.257 e. The lowest BCUT2D eigenvalue weighted by Gasteiger charge is -2.33. The van der Waals surface area contributed by atoms with E-state index in [1.807, 2.05) is 24.3 Å². The van der Waals surface area contributed by atoms with Gasteiger partial charge < -0.3 is 14.4 Å². The highest BCUT2D eigenvalue weighted by molar-refractivity contribution is 5.93. The molecule has 114 valence electrons. The zero-order valence-electron chi connectivity index (χ0n) is 12.3. The summed E-state index contributed by atoms with van der Waals surface area (Å²) in [6.45, 7) is 1.57. The van der Waals surface area contributed by atoms with Crippen molar-refractivity contribution < 1.29 is 14.3 Å². The van der Waals surface area contributed by atoms with E-state index in [0.717, 1.165) is 11.3 Å². The summed E-state index contributed by atoms with van der Waals surface area (Å²) in [5.41, 5.74) is 1.50. The van der Waals surface area contributed by atoms with Crippen LogP contribution in [0.3, 0.4) is 0 Å². The molecule has 0 saturated carbocycles. The number of nitrogens with zero attached hydrogens (tertiary/aromatic N) is 3. The molecule has 1 aliphatic heterocycles. The van der Waals surface area contributed by atoms with E-state index in [1.54, 1.807) is 12.0 Å². The van der Waals surface area contributed by atoms with Crippen LogP contribution in [-0.2, 0) is 4.74 Å². The van der Waals surface area contributed by atoms with Gasteiger partial charge in [0.2, 0.25) is 0 Å². The standard InChI is InChI=1S/C16H17N3O3/c1-21-14-4-2-3-12(7-14)15-10-19(5-6-22-15)16(20)13-8-17-11-18-9-13/h2-4,7-9,11,15H,5-6,10H2,1H3. The predicted molar refractivity (Wildman–Crippen MR) is 79.6 cm³/mol. The van der Waals surface area contributed by atoms with Gasteiger partial charge in [-0.1, -0.05) is 12.1 Å². The number of hydrogen-bond donors (Lipinski definition) is 0. The summed E-state index contributed by atoms with van der Waals surface area (Å²) in [5, 5.41) is 0. The molecule has 0 bridgehead atoms. The Morgan fingerprint density at radius 3 is 2.95 bits per heavy atom. The first-order chi connectivity index (χ1) is 10.8. The Labute approximate surface area is 128 Å². The van der Waals surface area contributed by atoms with Crippen molar-refractivity contribution in [3.8, 4) is 5.75 Å². The van der Waals surface area contributed by atoms with E-state index in [2.05, 4.69) is 9.97 Å². The summed E-state index contributed by atoms with van der Waals surface area (Å²) >= 11 is 0. The van der Waals surface area contributed by atoms with Crippen molar-refractivity contribution in [3.63, 3.8) is 0 Å². The first kappa shape index (κ1) is 14.5. The summed E-state index contributed by atoms with van der Waals surface area (Å²) in [6, 6.07) is 7.72. The van der Waals surface area contributed by atoms with Crippen LogP contribution >= 0.6 is 0 Å². The number of methoxy groups -OCH3 is 1. The number of hydrogen-bond acceptors (Lipinski definition) is 5. The van der Waals surface area contributed by atoms with E-state index in [0.29, 0.717) is 25.3 Å². The van der Waals surface area contributed by atoms with Gasteiger partial charge in [0.1, 0.15) is 18.2 Å².